The van der Waals surface area contributed by atoms with Crippen molar-refractivity contribution in [2.75, 3.05) is 31.1 Å². The molecule has 8 heteroatoms. The summed E-state index contributed by atoms with van der Waals surface area (Å²) in [6.07, 6.45) is 0.635. The Morgan fingerprint density at radius 1 is 1.53 bits per heavy atom. The number of likely N-dealkylation sites (tertiary alicyclic amines) is 1. The van der Waals surface area contributed by atoms with Crippen molar-refractivity contribution in [3.05, 3.63) is 0 Å². The maximum atomic E-state index is 11.8. The van der Waals surface area contributed by atoms with E-state index in [9.17, 15) is 18.3 Å². The van der Waals surface area contributed by atoms with Crippen LogP contribution >= 0.6 is 11.6 Å². The van der Waals surface area contributed by atoms with Crippen molar-refractivity contribution in [1.29, 1.82) is 0 Å². The van der Waals surface area contributed by atoms with Gasteiger partial charge in [0.05, 0.1) is 35.1 Å². The first-order valence-corrected chi connectivity index (χ1v) is 8.51. The zero-order valence-electron chi connectivity index (χ0n) is 10.8. The first kappa shape index (κ1) is 15.0. The highest BCUT2D eigenvalue weighted by molar-refractivity contribution is 7.91. The molecule has 0 saturated carbocycles. The molecule has 2 aliphatic heterocycles. The molecule has 2 fully saturated rings. The van der Waals surface area contributed by atoms with Crippen molar-refractivity contribution in [2.45, 2.75) is 30.4 Å². The van der Waals surface area contributed by atoms with Crippen LogP contribution in [-0.2, 0) is 14.6 Å². The summed E-state index contributed by atoms with van der Waals surface area (Å²) in [6.45, 7) is 3.01. The number of hydrogen-bond donors (Lipinski definition) is 2. The SMILES string of the molecule is CC1(O)CCN(CC(=O)NC2CS(=O)(=O)CC2Cl)C1. The molecule has 2 rings (SSSR count). The molecule has 2 aliphatic rings. The molecule has 0 aromatic carbocycles. The highest BCUT2D eigenvalue weighted by Crippen LogP contribution is 2.20. The van der Waals surface area contributed by atoms with Crippen LogP contribution in [0.25, 0.3) is 0 Å². The van der Waals surface area contributed by atoms with E-state index in [1.165, 1.54) is 0 Å². The van der Waals surface area contributed by atoms with Crippen LogP contribution in [0.2, 0.25) is 0 Å². The number of aliphatic hydroxyl groups is 1. The van der Waals surface area contributed by atoms with Gasteiger partial charge in [-0.25, -0.2) is 8.42 Å². The van der Waals surface area contributed by atoms with Crippen LogP contribution in [0.5, 0.6) is 0 Å². The number of carbonyl (C=O) groups is 1. The van der Waals surface area contributed by atoms with Gasteiger partial charge in [0.2, 0.25) is 5.91 Å². The van der Waals surface area contributed by atoms with Crippen LogP contribution in [0.4, 0.5) is 0 Å². The molecule has 2 heterocycles. The minimum absolute atomic E-state index is 0.0854. The van der Waals surface area contributed by atoms with Gasteiger partial charge in [-0.05, 0) is 13.3 Å². The second kappa shape index (κ2) is 5.20. The molecule has 3 unspecified atom stereocenters. The predicted octanol–water partition coefficient (Wildman–Crippen LogP) is -1.04. The van der Waals surface area contributed by atoms with Gasteiger partial charge in [0, 0.05) is 13.1 Å². The van der Waals surface area contributed by atoms with Crippen molar-refractivity contribution in [1.82, 2.24) is 10.2 Å². The Kier molecular flexibility index (Phi) is 4.11. The number of carbonyl (C=O) groups excluding carboxylic acids is 1. The van der Waals surface area contributed by atoms with E-state index in [0.717, 1.165) is 0 Å². The Morgan fingerprint density at radius 3 is 2.68 bits per heavy atom. The molecule has 0 aliphatic carbocycles. The van der Waals surface area contributed by atoms with E-state index in [0.29, 0.717) is 19.5 Å². The van der Waals surface area contributed by atoms with E-state index in [4.69, 9.17) is 11.6 Å². The van der Waals surface area contributed by atoms with E-state index in [1.54, 1.807) is 6.92 Å². The van der Waals surface area contributed by atoms with Crippen LogP contribution in [-0.4, -0.2) is 72.5 Å². The Bertz CT molecular complexity index is 465. The summed E-state index contributed by atoms with van der Waals surface area (Å²) in [5.74, 6) is -0.423. The Morgan fingerprint density at radius 2 is 2.21 bits per heavy atom. The predicted molar refractivity (Wildman–Crippen MR) is 71.9 cm³/mol. The van der Waals surface area contributed by atoms with Gasteiger partial charge in [0.15, 0.2) is 9.84 Å². The number of hydrogen-bond acceptors (Lipinski definition) is 5. The lowest BCUT2D eigenvalue weighted by Gasteiger charge is -2.20. The Hall–Kier alpha value is -0.370. The maximum absolute atomic E-state index is 11.8. The molecule has 0 radical (unpaired) electrons. The van der Waals surface area contributed by atoms with Gasteiger partial charge < -0.3 is 10.4 Å². The molecular weight excluding hydrogens is 292 g/mol. The average Bonchev–Trinajstić information content (AvgIpc) is 2.66. The first-order valence-electron chi connectivity index (χ1n) is 6.25. The van der Waals surface area contributed by atoms with Crippen molar-refractivity contribution in [3.8, 4) is 0 Å². The average molecular weight is 311 g/mol. The third kappa shape index (κ3) is 4.05. The summed E-state index contributed by atoms with van der Waals surface area (Å²) in [4.78, 5) is 13.7. The number of sulfone groups is 1. The van der Waals surface area contributed by atoms with E-state index in [1.807, 2.05) is 4.90 Å². The van der Waals surface area contributed by atoms with E-state index in [2.05, 4.69) is 5.32 Å². The molecule has 3 atom stereocenters. The van der Waals surface area contributed by atoms with Crippen LogP contribution in [0, 0.1) is 0 Å². The van der Waals surface area contributed by atoms with Gasteiger partial charge >= 0.3 is 0 Å². The summed E-state index contributed by atoms with van der Waals surface area (Å²) in [5, 5.41) is 11.9. The minimum atomic E-state index is -3.14. The number of halogens is 1. The lowest BCUT2D eigenvalue weighted by atomic mass is 10.1. The fourth-order valence-electron chi connectivity index (χ4n) is 2.57. The van der Waals surface area contributed by atoms with Gasteiger partial charge in [-0.2, -0.15) is 0 Å². The smallest absolute Gasteiger partial charge is 0.234 e. The second-order valence-electron chi connectivity index (χ2n) is 5.72. The molecule has 0 aromatic rings. The maximum Gasteiger partial charge on any atom is 0.234 e. The van der Waals surface area contributed by atoms with E-state index in [-0.39, 0.29) is 24.0 Å². The van der Waals surface area contributed by atoms with E-state index >= 15 is 0 Å². The number of alkyl halides is 1. The molecule has 0 aromatic heterocycles. The largest absolute Gasteiger partial charge is 0.389 e. The number of β-amino-alcohol motifs (C(OH)–C–C–N with tert-alkyl or cyclic N) is 1. The Balaban J connectivity index is 1.82. The second-order valence-corrected chi connectivity index (χ2v) is 8.44. The molecule has 110 valence electrons. The normalized spacial score (nSPS) is 38.5. The van der Waals surface area contributed by atoms with Gasteiger partial charge in [0.25, 0.3) is 0 Å². The molecular formula is C11H19ClN2O4S. The summed E-state index contributed by atoms with van der Waals surface area (Å²) < 4.78 is 22.8. The van der Waals surface area contributed by atoms with E-state index < -0.39 is 26.9 Å². The molecule has 6 nitrogen and oxygen atoms in total. The number of nitrogens with one attached hydrogen (secondary N) is 1. The summed E-state index contributed by atoms with van der Waals surface area (Å²) >= 11 is 5.92. The third-order valence-electron chi connectivity index (χ3n) is 3.53. The highest BCUT2D eigenvalue weighted by atomic mass is 35.5. The number of nitrogens with zero attached hydrogens (tertiary/aromatic N) is 1. The summed E-state index contributed by atoms with van der Waals surface area (Å²) in [7, 11) is -3.14. The Labute approximate surface area is 118 Å². The lowest BCUT2D eigenvalue weighted by molar-refractivity contribution is -0.122. The molecule has 19 heavy (non-hydrogen) atoms. The standard InChI is InChI=1S/C11H19ClN2O4S/c1-11(16)2-3-14(7-11)4-10(15)13-9-6-19(17,18)5-8(9)12/h8-9,16H,2-7H2,1H3,(H,13,15). The van der Waals surface area contributed by atoms with Gasteiger partial charge in [-0.15, -0.1) is 11.6 Å². The first-order chi connectivity index (χ1) is 8.67. The van der Waals surface area contributed by atoms with Gasteiger partial charge in [-0.3, -0.25) is 9.69 Å². The van der Waals surface area contributed by atoms with Gasteiger partial charge in [-0.1, -0.05) is 0 Å². The molecule has 1 amide bonds. The fourth-order valence-corrected chi connectivity index (χ4v) is 5.12. The zero-order valence-corrected chi connectivity index (χ0v) is 12.4. The lowest BCUT2D eigenvalue weighted by Crippen LogP contribution is -2.45. The minimum Gasteiger partial charge on any atom is -0.389 e. The van der Waals surface area contributed by atoms with Crippen LogP contribution in [0.3, 0.4) is 0 Å². The van der Waals surface area contributed by atoms with Crippen LogP contribution < -0.4 is 5.32 Å². The summed E-state index contributed by atoms with van der Waals surface area (Å²) in [6, 6.07) is -0.512. The number of amides is 1. The van der Waals surface area contributed by atoms with Crippen molar-refractivity contribution >= 4 is 27.3 Å². The molecule has 0 spiro atoms. The molecule has 2 N–H and O–H groups in total. The molecule has 0 bridgehead atoms. The van der Waals surface area contributed by atoms with Crippen molar-refractivity contribution < 1.29 is 18.3 Å². The third-order valence-corrected chi connectivity index (χ3v) is 5.90. The van der Waals surface area contributed by atoms with Crippen molar-refractivity contribution in [3.63, 3.8) is 0 Å². The monoisotopic (exact) mass is 310 g/mol. The number of rotatable bonds is 3. The van der Waals surface area contributed by atoms with Gasteiger partial charge in [0.1, 0.15) is 0 Å². The van der Waals surface area contributed by atoms with Crippen LogP contribution in [0.1, 0.15) is 13.3 Å². The summed E-state index contributed by atoms with van der Waals surface area (Å²) in [5.41, 5.74) is -0.744. The van der Waals surface area contributed by atoms with Crippen molar-refractivity contribution in [2.24, 2.45) is 0 Å². The molecule has 2 saturated heterocycles. The topological polar surface area (TPSA) is 86.7 Å². The fraction of sp³-hybridized carbons (Fsp3) is 0.909. The zero-order chi connectivity index (χ0) is 14.3. The van der Waals surface area contributed by atoms with Crippen LogP contribution in [0.15, 0.2) is 0 Å². The quantitative estimate of drug-likeness (QED) is 0.651. The highest BCUT2D eigenvalue weighted by Gasteiger charge is 2.38.